The summed E-state index contributed by atoms with van der Waals surface area (Å²) in [7, 11) is 0. The molecular formula is C42H53F3. The third-order valence-electron chi connectivity index (χ3n) is 11.0. The molecular weight excluding hydrogens is 561 g/mol. The Bertz CT molecular complexity index is 1360. The monoisotopic (exact) mass is 614 g/mol. The minimum Gasteiger partial charge on any atom is -0.207 e. The van der Waals surface area contributed by atoms with Gasteiger partial charge in [0.2, 0.25) is 0 Å². The van der Waals surface area contributed by atoms with Crippen LogP contribution in [0.4, 0.5) is 13.2 Å². The summed E-state index contributed by atoms with van der Waals surface area (Å²) in [5, 5.41) is 0. The Balaban J connectivity index is 1.15. The van der Waals surface area contributed by atoms with E-state index in [1.807, 2.05) is 24.3 Å². The molecule has 2 aliphatic carbocycles. The van der Waals surface area contributed by atoms with E-state index in [4.69, 9.17) is 0 Å². The maximum absolute atomic E-state index is 15.5. The van der Waals surface area contributed by atoms with E-state index in [9.17, 15) is 4.39 Å². The summed E-state index contributed by atoms with van der Waals surface area (Å²) in [6.07, 6.45) is 21.8. The Hall–Kier alpha value is -2.81. The molecule has 0 amide bonds. The Morgan fingerprint density at radius 2 is 1.29 bits per heavy atom. The molecule has 0 heterocycles. The molecule has 0 unspecified atom stereocenters. The molecule has 5 rings (SSSR count). The lowest BCUT2D eigenvalue weighted by atomic mass is 9.68. The molecule has 0 radical (unpaired) electrons. The predicted octanol–water partition coefficient (Wildman–Crippen LogP) is 13.4. The molecule has 3 aromatic carbocycles. The number of unbranched alkanes of at least 4 members (excludes halogenated alkanes) is 5. The lowest BCUT2D eigenvalue weighted by Gasteiger charge is -2.38. The summed E-state index contributed by atoms with van der Waals surface area (Å²) in [6.45, 7) is 6.06. The molecule has 0 nitrogen and oxygen atoms in total. The predicted molar refractivity (Wildman–Crippen MR) is 184 cm³/mol. The fourth-order valence-electron chi connectivity index (χ4n) is 8.18. The standard InChI is InChI=1S/C42H53F3/c1-3-5-7-8-9-10-12-36-25-28-39(42(45)41(36)44)35-23-19-33(20-24-35)37-26-27-38(40(43)29-37)34-21-17-32(18-22-34)31-15-13-30(14-16-31)11-6-4-2/h4,19-20,23-32,34H,2-3,5-18,21-22H2,1H3. The average molecular weight is 615 g/mol. The molecule has 0 aliphatic heterocycles. The van der Waals surface area contributed by atoms with E-state index in [0.29, 0.717) is 23.5 Å². The van der Waals surface area contributed by atoms with Crippen LogP contribution in [0, 0.1) is 35.2 Å². The van der Waals surface area contributed by atoms with Crippen LogP contribution in [0.25, 0.3) is 22.3 Å². The number of rotatable bonds is 14. The van der Waals surface area contributed by atoms with E-state index in [-0.39, 0.29) is 11.4 Å². The Morgan fingerprint density at radius 3 is 1.96 bits per heavy atom. The van der Waals surface area contributed by atoms with E-state index in [0.717, 1.165) is 73.0 Å². The topological polar surface area (TPSA) is 0 Å². The molecule has 3 heteroatoms. The van der Waals surface area contributed by atoms with Gasteiger partial charge in [0, 0.05) is 5.56 Å². The van der Waals surface area contributed by atoms with Gasteiger partial charge in [-0.3, -0.25) is 0 Å². The van der Waals surface area contributed by atoms with E-state index < -0.39 is 11.6 Å². The zero-order valence-corrected chi connectivity index (χ0v) is 27.4. The van der Waals surface area contributed by atoms with Crippen molar-refractivity contribution in [1.29, 1.82) is 0 Å². The van der Waals surface area contributed by atoms with Crippen LogP contribution in [-0.2, 0) is 6.42 Å². The molecule has 3 aromatic rings. The van der Waals surface area contributed by atoms with Crippen LogP contribution in [0.15, 0.2) is 67.3 Å². The Labute approximate surface area is 270 Å². The van der Waals surface area contributed by atoms with Gasteiger partial charge in [0.1, 0.15) is 5.82 Å². The quantitative estimate of drug-likeness (QED) is 0.125. The van der Waals surface area contributed by atoms with Crippen LogP contribution >= 0.6 is 0 Å². The number of halogens is 3. The number of benzene rings is 3. The van der Waals surface area contributed by atoms with Gasteiger partial charge in [-0.05, 0) is 122 Å². The molecule has 0 atom stereocenters. The molecule has 242 valence electrons. The normalized spacial score (nSPS) is 22.0. The summed E-state index contributed by atoms with van der Waals surface area (Å²) in [5.41, 5.74) is 3.88. The molecule has 0 saturated heterocycles. The van der Waals surface area contributed by atoms with Crippen molar-refractivity contribution in [3.05, 3.63) is 95.8 Å². The largest absolute Gasteiger partial charge is 0.207 e. The SMILES string of the molecule is C=CCCC1CCC(C2CCC(c3ccc(-c4ccc(-c5ccc(CCCCCCCC)c(F)c5F)cc4)cc3F)CC2)CC1. The number of hydrogen-bond donors (Lipinski definition) is 0. The van der Waals surface area contributed by atoms with Crippen molar-refractivity contribution < 1.29 is 13.2 Å². The van der Waals surface area contributed by atoms with Crippen molar-refractivity contribution in [2.24, 2.45) is 17.8 Å². The van der Waals surface area contributed by atoms with Crippen molar-refractivity contribution in [1.82, 2.24) is 0 Å². The van der Waals surface area contributed by atoms with Gasteiger partial charge >= 0.3 is 0 Å². The van der Waals surface area contributed by atoms with Crippen molar-refractivity contribution in [2.75, 3.05) is 0 Å². The van der Waals surface area contributed by atoms with Crippen molar-refractivity contribution in [2.45, 2.75) is 122 Å². The van der Waals surface area contributed by atoms with Gasteiger partial charge in [-0.2, -0.15) is 0 Å². The summed E-state index contributed by atoms with van der Waals surface area (Å²) in [4.78, 5) is 0. The van der Waals surface area contributed by atoms with Crippen molar-refractivity contribution in [3.8, 4) is 22.3 Å². The van der Waals surface area contributed by atoms with Crippen LogP contribution in [0.3, 0.4) is 0 Å². The molecule has 0 aromatic heterocycles. The highest BCUT2D eigenvalue weighted by Crippen LogP contribution is 2.45. The summed E-state index contributed by atoms with van der Waals surface area (Å²) in [5.74, 6) is 1.19. The van der Waals surface area contributed by atoms with Crippen LogP contribution in [0.5, 0.6) is 0 Å². The first-order valence-electron chi connectivity index (χ1n) is 18.0. The highest BCUT2D eigenvalue weighted by Gasteiger charge is 2.32. The van der Waals surface area contributed by atoms with Gasteiger partial charge in [0.25, 0.3) is 0 Å². The minimum atomic E-state index is -0.785. The van der Waals surface area contributed by atoms with Crippen LogP contribution in [0.2, 0.25) is 0 Å². The third kappa shape index (κ3) is 8.72. The van der Waals surface area contributed by atoms with Gasteiger partial charge in [0.15, 0.2) is 11.6 Å². The third-order valence-corrected chi connectivity index (χ3v) is 11.0. The van der Waals surface area contributed by atoms with E-state index in [1.54, 1.807) is 30.3 Å². The summed E-state index contributed by atoms with van der Waals surface area (Å²) < 4.78 is 45.4. The molecule has 0 bridgehead atoms. The number of aryl methyl sites for hydroxylation is 1. The first-order chi connectivity index (χ1) is 22.0. The van der Waals surface area contributed by atoms with E-state index >= 15 is 8.78 Å². The Kier molecular flexibility index (Phi) is 12.4. The lowest BCUT2D eigenvalue weighted by molar-refractivity contribution is 0.156. The second kappa shape index (κ2) is 16.7. The number of allylic oxidation sites excluding steroid dienone is 1. The van der Waals surface area contributed by atoms with Gasteiger partial charge in [-0.25, -0.2) is 13.2 Å². The highest BCUT2D eigenvalue weighted by molar-refractivity contribution is 5.71. The second-order valence-electron chi connectivity index (χ2n) is 14.0. The van der Waals surface area contributed by atoms with Crippen molar-refractivity contribution >= 4 is 0 Å². The Morgan fingerprint density at radius 1 is 0.667 bits per heavy atom. The fraction of sp³-hybridized carbons (Fsp3) is 0.524. The zero-order chi connectivity index (χ0) is 31.6. The maximum atomic E-state index is 15.5. The van der Waals surface area contributed by atoms with Crippen LogP contribution in [0.1, 0.15) is 127 Å². The second-order valence-corrected chi connectivity index (χ2v) is 14.0. The van der Waals surface area contributed by atoms with Gasteiger partial charge in [-0.1, -0.05) is 106 Å². The average Bonchev–Trinajstić information content (AvgIpc) is 3.07. The molecule has 0 spiro atoms. The maximum Gasteiger partial charge on any atom is 0.166 e. The molecule has 0 N–H and O–H groups in total. The van der Waals surface area contributed by atoms with Gasteiger partial charge in [0.05, 0.1) is 0 Å². The van der Waals surface area contributed by atoms with Crippen LogP contribution < -0.4 is 0 Å². The zero-order valence-electron chi connectivity index (χ0n) is 27.4. The van der Waals surface area contributed by atoms with Crippen LogP contribution in [-0.4, -0.2) is 0 Å². The number of hydrogen-bond acceptors (Lipinski definition) is 0. The summed E-state index contributed by atoms with van der Waals surface area (Å²) >= 11 is 0. The minimum absolute atomic E-state index is 0.128. The lowest BCUT2D eigenvalue weighted by Crippen LogP contribution is -2.25. The fourth-order valence-corrected chi connectivity index (χ4v) is 8.18. The molecule has 2 aliphatic rings. The van der Waals surface area contributed by atoms with Gasteiger partial charge in [-0.15, -0.1) is 6.58 Å². The first kappa shape index (κ1) is 33.6. The smallest absolute Gasteiger partial charge is 0.166 e. The summed E-state index contributed by atoms with van der Waals surface area (Å²) in [6, 6.07) is 16.4. The van der Waals surface area contributed by atoms with Gasteiger partial charge < -0.3 is 0 Å². The molecule has 2 fully saturated rings. The van der Waals surface area contributed by atoms with E-state index in [2.05, 4.69) is 19.6 Å². The molecule has 45 heavy (non-hydrogen) atoms. The first-order valence-corrected chi connectivity index (χ1v) is 18.0. The van der Waals surface area contributed by atoms with E-state index in [1.165, 1.54) is 64.2 Å². The van der Waals surface area contributed by atoms with Crippen molar-refractivity contribution in [3.63, 3.8) is 0 Å². The highest BCUT2D eigenvalue weighted by atomic mass is 19.2. The molecule has 2 saturated carbocycles.